The Labute approximate surface area is 183 Å². The van der Waals surface area contributed by atoms with E-state index < -0.39 is 23.0 Å². The highest BCUT2D eigenvalue weighted by Gasteiger charge is 2.28. The van der Waals surface area contributed by atoms with E-state index in [1.165, 1.54) is 34.7 Å². The summed E-state index contributed by atoms with van der Waals surface area (Å²) in [5.41, 5.74) is 5.26. The van der Waals surface area contributed by atoms with Crippen LogP contribution >= 0.6 is 0 Å². The first-order chi connectivity index (χ1) is 15.3. The van der Waals surface area contributed by atoms with Crippen molar-refractivity contribution in [3.05, 3.63) is 68.4 Å². The second-order valence-electron chi connectivity index (χ2n) is 7.10. The number of nitrogen functional groups attached to an aromatic ring is 1. The zero-order valence-electron chi connectivity index (χ0n) is 18.1. The van der Waals surface area contributed by atoms with E-state index in [1.54, 1.807) is 19.1 Å². The molecule has 170 valence electrons. The molecule has 3 N–H and O–H groups in total. The maximum Gasteiger partial charge on any atom is 0.330 e. The molecule has 1 amide bonds. The minimum Gasteiger partial charge on any atom is -0.383 e. The van der Waals surface area contributed by atoms with Gasteiger partial charge in [-0.05, 0) is 25.5 Å². The largest absolute Gasteiger partial charge is 0.383 e. The lowest BCUT2D eigenvalue weighted by atomic mass is 10.2. The van der Waals surface area contributed by atoms with Crippen LogP contribution in [0.15, 0.2) is 40.1 Å². The molecule has 3 aromatic rings. The number of carbonyl (C=O) groups is 1. The third-order valence-electron chi connectivity index (χ3n) is 5.02. The number of aromatic nitrogens is 4. The van der Waals surface area contributed by atoms with Crippen molar-refractivity contribution in [1.82, 2.24) is 19.3 Å². The molecule has 2 heterocycles. The molecule has 0 spiro atoms. The Balaban J connectivity index is 2.12. The molecule has 11 heteroatoms. The predicted molar refractivity (Wildman–Crippen MR) is 118 cm³/mol. The molecule has 0 radical (unpaired) electrons. The summed E-state index contributed by atoms with van der Waals surface area (Å²) >= 11 is 0. The number of H-pyrrole nitrogens is 1. The van der Waals surface area contributed by atoms with Gasteiger partial charge >= 0.3 is 5.69 Å². The van der Waals surface area contributed by atoms with Gasteiger partial charge in [-0.2, -0.15) is 5.10 Å². The average Bonchev–Trinajstić information content (AvgIpc) is 3.14. The van der Waals surface area contributed by atoms with E-state index in [-0.39, 0.29) is 42.5 Å². The van der Waals surface area contributed by atoms with Crippen LogP contribution in [0.1, 0.15) is 29.4 Å². The monoisotopic (exact) mass is 444 g/mol. The van der Waals surface area contributed by atoms with Crippen molar-refractivity contribution in [2.24, 2.45) is 0 Å². The summed E-state index contributed by atoms with van der Waals surface area (Å²) in [7, 11) is 1.45. The van der Waals surface area contributed by atoms with Crippen molar-refractivity contribution in [2.75, 3.05) is 30.9 Å². The van der Waals surface area contributed by atoms with E-state index in [4.69, 9.17) is 10.5 Å². The Bertz CT molecular complexity index is 1250. The fourth-order valence-electron chi connectivity index (χ4n) is 3.41. The SMILES string of the molecule is CCCn1c(N)c(N(CCOC)C(=O)c2cnn(-c3ccccc3F)c2C)c(=O)[nH]c1=O. The lowest BCUT2D eigenvalue weighted by Crippen LogP contribution is -2.42. The standard InChI is InChI=1S/C21H25FN6O4/c1-4-9-27-18(23)17(19(29)25-21(27)31)26(10-11-32-3)20(30)14-12-24-28(13(14)2)16-8-6-5-7-15(16)22/h5-8,12H,4,9-11,23H2,1-3H3,(H,25,29,31). The molecular weight excluding hydrogens is 419 g/mol. The molecule has 3 rings (SSSR count). The van der Waals surface area contributed by atoms with Crippen molar-refractivity contribution in [3.63, 3.8) is 0 Å². The van der Waals surface area contributed by atoms with Gasteiger partial charge in [0.1, 0.15) is 17.3 Å². The predicted octanol–water partition coefficient (Wildman–Crippen LogP) is 1.46. The summed E-state index contributed by atoms with van der Waals surface area (Å²) in [6.45, 7) is 3.85. The van der Waals surface area contributed by atoms with Crippen LogP contribution in [0.5, 0.6) is 0 Å². The number of nitrogens with two attached hydrogens (primary N) is 1. The first-order valence-corrected chi connectivity index (χ1v) is 10.0. The molecule has 10 nitrogen and oxygen atoms in total. The number of rotatable bonds is 8. The zero-order valence-corrected chi connectivity index (χ0v) is 18.1. The van der Waals surface area contributed by atoms with Gasteiger partial charge < -0.3 is 10.5 Å². The summed E-state index contributed by atoms with van der Waals surface area (Å²) in [6.07, 6.45) is 1.90. The van der Waals surface area contributed by atoms with Gasteiger partial charge in [-0.1, -0.05) is 19.1 Å². The summed E-state index contributed by atoms with van der Waals surface area (Å²) in [5.74, 6) is -1.20. The molecular formula is C21H25FN6O4. The molecule has 32 heavy (non-hydrogen) atoms. The van der Waals surface area contributed by atoms with Crippen molar-refractivity contribution >= 4 is 17.4 Å². The van der Waals surface area contributed by atoms with Crippen LogP contribution in [-0.2, 0) is 11.3 Å². The summed E-state index contributed by atoms with van der Waals surface area (Å²) in [6, 6.07) is 6.04. The fourth-order valence-corrected chi connectivity index (χ4v) is 3.41. The van der Waals surface area contributed by atoms with E-state index >= 15 is 0 Å². The van der Waals surface area contributed by atoms with Crippen LogP contribution in [0.4, 0.5) is 15.9 Å². The maximum atomic E-state index is 14.2. The van der Waals surface area contributed by atoms with Crippen molar-refractivity contribution in [1.29, 1.82) is 0 Å². The van der Waals surface area contributed by atoms with E-state index in [2.05, 4.69) is 10.1 Å². The molecule has 0 saturated carbocycles. The number of aromatic amines is 1. The van der Waals surface area contributed by atoms with Gasteiger partial charge in [0.05, 0.1) is 24.1 Å². The topological polar surface area (TPSA) is 128 Å². The summed E-state index contributed by atoms with van der Waals surface area (Å²) < 4.78 is 21.9. The number of halogens is 1. The molecule has 0 aliphatic rings. The number of para-hydroxylation sites is 1. The first-order valence-electron chi connectivity index (χ1n) is 10.0. The van der Waals surface area contributed by atoms with Crippen LogP contribution in [0.3, 0.4) is 0 Å². The van der Waals surface area contributed by atoms with Gasteiger partial charge in [-0.25, -0.2) is 13.9 Å². The van der Waals surface area contributed by atoms with Gasteiger partial charge in [-0.3, -0.25) is 24.0 Å². The van der Waals surface area contributed by atoms with Gasteiger partial charge in [0.25, 0.3) is 11.5 Å². The highest BCUT2D eigenvalue weighted by molar-refractivity contribution is 6.07. The van der Waals surface area contributed by atoms with Crippen LogP contribution < -0.4 is 21.9 Å². The van der Waals surface area contributed by atoms with E-state index in [0.717, 1.165) is 4.90 Å². The average molecular weight is 444 g/mol. The molecule has 0 fully saturated rings. The Hall–Kier alpha value is -3.73. The number of nitrogens with one attached hydrogen (secondary N) is 1. The lowest BCUT2D eigenvalue weighted by molar-refractivity contribution is 0.0975. The maximum absolute atomic E-state index is 14.2. The van der Waals surface area contributed by atoms with Crippen molar-refractivity contribution in [2.45, 2.75) is 26.8 Å². The molecule has 0 aliphatic carbocycles. The van der Waals surface area contributed by atoms with Gasteiger partial charge in [0.2, 0.25) is 0 Å². The molecule has 2 aromatic heterocycles. The quantitative estimate of drug-likeness (QED) is 0.541. The van der Waals surface area contributed by atoms with Crippen LogP contribution in [0, 0.1) is 12.7 Å². The normalized spacial score (nSPS) is 11.0. The van der Waals surface area contributed by atoms with Gasteiger partial charge in [-0.15, -0.1) is 0 Å². The Morgan fingerprint density at radius 2 is 2.03 bits per heavy atom. The molecule has 1 aromatic carbocycles. The fraction of sp³-hybridized carbons (Fsp3) is 0.333. The Morgan fingerprint density at radius 1 is 1.31 bits per heavy atom. The molecule has 0 saturated heterocycles. The second kappa shape index (κ2) is 9.60. The van der Waals surface area contributed by atoms with E-state index in [0.29, 0.717) is 12.1 Å². The minimum absolute atomic E-state index is 0.00272. The Kier molecular flexibility index (Phi) is 6.89. The molecule has 0 aliphatic heterocycles. The smallest absolute Gasteiger partial charge is 0.330 e. The van der Waals surface area contributed by atoms with E-state index in [9.17, 15) is 18.8 Å². The van der Waals surface area contributed by atoms with E-state index in [1.807, 2.05) is 6.92 Å². The number of methoxy groups -OCH3 is 1. The number of ether oxygens (including phenoxy) is 1. The minimum atomic E-state index is -0.788. The zero-order chi connectivity index (χ0) is 23.4. The number of carbonyl (C=O) groups excluding carboxylic acids is 1. The lowest BCUT2D eigenvalue weighted by Gasteiger charge is -2.24. The highest BCUT2D eigenvalue weighted by atomic mass is 19.1. The molecule has 0 bridgehead atoms. The molecule has 0 unspecified atom stereocenters. The first kappa shape index (κ1) is 22.9. The van der Waals surface area contributed by atoms with Crippen LogP contribution in [0.2, 0.25) is 0 Å². The Morgan fingerprint density at radius 3 is 2.69 bits per heavy atom. The summed E-state index contributed by atoms with van der Waals surface area (Å²) in [5, 5.41) is 4.16. The van der Waals surface area contributed by atoms with Gasteiger partial charge in [0.15, 0.2) is 5.69 Å². The van der Waals surface area contributed by atoms with Crippen molar-refractivity contribution < 1.29 is 13.9 Å². The number of nitrogens with zero attached hydrogens (tertiary/aromatic N) is 4. The number of benzene rings is 1. The van der Waals surface area contributed by atoms with Crippen molar-refractivity contribution in [3.8, 4) is 5.69 Å². The number of hydrogen-bond donors (Lipinski definition) is 2. The highest BCUT2D eigenvalue weighted by Crippen LogP contribution is 2.23. The molecule has 0 atom stereocenters. The second-order valence-corrected chi connectivity index (χ2v) is 7.10. The number of hydrogen-bond acceptors (Lipinski definition) is 6. The number of amides is 1. The third-order valence-corrected chi connectivity index (χ3v) is 5.02. The van der Waals surface area contributed by atoms with Crippen LogP contribution in [-0.4, -0.2) is 45.5 Å². The van der Waals surface area contributed by atoms with Gasteiger partial charge in [0, 0.05) is 20.2 Å². The van der Waals surface area contributed by atoms with Crippen LogP contribution in [0.25, 0.3) is 5.69 Å². The summed E-state index contributed by atoms with van der Waals surface area (Å²) in [4.78, 5) is 41.7. The third kappa shape index (κ3) is 4.19. The number of anilines is 2.